The molecule has 0 aliphatic carbocycles. The first kappa shape index (κ1) is 12.3. The van der Waals surface area contributed by atoms with Gasteiger partial charge in [0.2, 0.25) is 0 Å². The molecular formula is C14H20O4. The van der Waals surface area contributed by atoms with Crippen LogP contribution >= 0.6 is 0 Å². The zero-order chi connectivity index (χ0) is 12.9. The lowest BCUT2D eigenvalue weighted by molar-refractivity contribution is -0.189. The number of fused-ring (bicyclic) bond motifs is 4. The molecule has 2 bridgehead atoms. The van der Waals surface area contributed by atoms with E-state index in [4.69, 9.17) is 14.2 Å². The first-order valence-corrected chi connectivity index (χ1v) is 6.59. The standard InChI is InChI=1S/C14H20O4/c1-4-14(2)7-11-8-5-12(16-3)18-9(8)6-10(17-11)13(14)15/h4,8-12H,1,5-7H2,2-3H3/t8?,9-,10-,11?,12?,14?/m1/s1. The number of allylic oxidation sites excluding steroid dienone is 1. The highest BCUT2D eigenvalue weighted by Gasteiger charge is 2.55. The molecule has 4 unspecified atom stereocenters. The van der Waals surface area contributed by atoms with E-state index in [1.54, 1.807) is 13.2 Å². The Hall–Kier alpha value is -0.710. The number of carbonyl (C=O) groups is 1. The molecule has 4 heteroatoms. The number of ether oxygens (including phenoxy) is 3. The van der Waals surface area contributed by atoms with Crippen molar-refractivity contribution in [3.63, 3.8) is 0 Å². The molecule has 0 spiro atoms. The van der Waals surface area contributed by atoms with Crippen LogP contribution in [0.3, 0.4) is 0 Å². The van der Waals surface area contributed by atoms with Crippen LogP contribution in [-0.4, -0.2) is 37.5 Å². The lowest BCUT2D eigenvalue weighted by Crippen LogP contribution is -2.55. The van der Waals surface area contributed by atoms with Gasteiger partial charge in [-0.2, -0.15) is 0 Å². The molecule has 3 aliphatic rings. The molecule has 4 nitrogen and oxygen atoms in total. The summed E-state index contributed by atoms with van der Waals surface area (Å²) < 4.78 is 17.0. The molecule has 3 fully saturated rings. The Morgan fingerprint density at radius 3 is 2.83 bits per heavy atom. The second-order valence-corrected chi connectivity index (χ2v) is 5.83. The zero-order valence-corrected chi connectivity index (χ0v) is 10.9. The Kier molecular flexibility index (Phi) is 2.84. The molecule has 3 rings (SSSR count). The van der Waals surface area contributed by atoms with Crippen molar-refractivity contribution in [2.24, 2.45) is 11.3 Å². The normalized spacial score (nSPS) is 51.0. The van der Waals surface area contributed by atoms with Crippen LogP contribution in [0, 0.1) is 11.3 Å². The van der Waals surface area contributed by atoms with Crippen molar-refractivity contribution >= 4 is 5.78 Å². The van der Waals surface area contributed by atoms with Gasteiger partial charge in [-0.3, -0.25) is 4.79 Å². The van der Waals surface area contributed by atoms with Gasteiger partial charge in [-0.05, 0) is 13.3 Å². The lowest BCUT2D eigenvalue weighted by atomic mass is 9.68. The summed E-state index contributed by atoms with van der Waals surface area (Å²) in [6, 6.07) is 0. The van der Waals surface area contributed by atoms with Gasteiger partial charge in [0.25, 0.3) is 0 Å². The predicted molar refractivity (Wildman–Crippen MR) is 65.0 cm³/mol. The Balaban J connectivity index is 1.85. The quantitative estimate of drug-likeness (QED) is 0.701. The molecule has 0 aromatic carbocycles. The number of hydrogen-bond donors (Lipinski definition) is 0. The summed E-state index contributed by atoms with van der Waals surface area (Å²) in [6.07, 6.45) is 3.74. The van der Waals surface area contributed by atoms with Crippen molar-refractivity contribution in [1.82, 2.24) is 0 Å². The van der Waals surface area contributed by atoms with Gasteiger partial charge >= 0.3 is 0 Å². The van der Waals surface area contributed by atoms with Gasteiger partial charge in [0.15, 0.2) is 12.1 Å². The molecule has 6 atom stereocenters. The maximum absolute atomic E-state index is 12.3. The molecule has 0 amide bonds. The molecule has 0 N–H and O–H groups in total. The van der Waals surface area contributed by atoms with Gasteiger partial charge in [-0.25, -0.2) is 0 Å². The highest BCUT2D eigenvalue weighted by atomic mass is 16.7. The fraction of sp³-hybridized carbons (Fsp3) is 0.786. The molecule has 0 aromatic heterocycles. The van der Waals surface area contributed by atoms with E-state index in [9.17, 15) is 4.79 Å². The second kappa shape index (κ2) is 4.15. The summed E-state index contributed by atoms with van der Waals surface area (Å²) in [6.45, 7) is 5.79. The number of hydrogen-bond acceptors (Lipinski definition) is 4. The summed E-state index contributed by atoms with van der Waals surface area (Å²) in [5, 5.41) is 0. The Morgan fingerprint density at radius 2 is 2.17 bits per heavy atom. The highest BCUT2D eigenvalue weighted by Crippen LogP contribution is 2.47. The SMILES string of the molecule is C=CC1(C)CC2O[C@H](C[C@H]3OC(OC)CC23)C1=O. The van der Waals surface area contributed by atoms with E-state index in [2.05, 4.69) is 6.58 Å². The summed E-state index contributed by atoms with van der Waals surface area (Å²) in [5.41, 5.74) is -0.441. The van der Waals surface area contributed by atoms with Gasteiger partial charge in [0.1, 0.15) is 6.10 Å². The molecule has 3 saturated heterocycles. The molecule has 18 heavy (non-hydrogen) atoms. The zero-order valence-electron chi connectivity index (χ0n) is 10.9. The molecule has 3 heterocycles. The van der Waals surface area contributed by atoms with Crippen LogP contribution in [0.4, 0.5) is 0 Å². The largest absolute Gasteiger partial charge is 0.367 e. The van der Waals surface area contributed by atoms with Crippen molar-refractivity contribution in [1.29, 1.82) is 0 Å². The van der Waals surface area contributed by atoms with E-state index in [1.807, 2.05) is 6.92 Å². The second-order valence-electron chi connectivity index (χ2n) is 5.83. The minimum absolute atomic E-state index is 0.0922. The van der Waals surface area contributed by atoms with E-state index in [1.165, 1.54) is 0 Å². The smallest absolute Gasteiger partial charge is 0.171 e. The van der Waals surface area contributed by atoms with Gasteiger partial charge in [0, 0.05) is 31.3 Å². The fourth-order valence-corrected chi connectivity index (χ4v) is 3.52. The van der Waals surface area contributed by atoms with E-state index in [0.717, 1.165) is 6.42 Å². The van der Waals surface area contributed by atoms with Crippen molar-refractivity contribution < 1.29 is 19.0 Å². The fourth-order valence-electron chi connectivity index (χ4n) is 3.52. The molecule has 0 radical (unpaired) electrons. The summed E-state index contributed by atoms with van der Waals surface area (Å²) in [7, 11) is 1.66. The van der Waals surface area contributed by atoms with Crippen LogP contribution in [0.2, 0.25) is 0 Å². The van der Waals surface area contributed by atoms with Gasteiger partial charge in [-0.15, -0.1) is 6.58 Å². The van der Waals surface area contributed by atoms with Gasteiger partial charge in [-0.1, -0.05) is 6.08 Å². The van der Waals surface area contributed by atoms with Gasteiger partial charge < -0.3 is 14.2 Å². The first-order valence-electron chi connectivity index (χ1n) is 6.59. The van der Waals surface area contributed by atoms with Crippen LogP contribution in [0.1, 0.15) is 26.2 Å². The van der Waals surface area contributed by atoms with Crippen LogP contribution in [0.15, 0.2) is 12.7 Å². The molecule has 100 valence electrons. The van der Waals surface area contributed by atoms with E-state index >= 15 is 0 Å². The van der Waals surface area contributed by atoms with Gasteiger partial charge in [0.05, 0.1) is 12.2 Å². The minimum Gasteiger partial charge on any atom is -0.367 e. The monoisotopic (exact) mass is 252 g/mol. The van der Waals surface area contributed by atoms with Crippen molar-refractivity contribution in [3.05, 3.63) is 12.7 Å². The predicted octanol–water partition coefficient (Wildman–Crippen LogP) is 1.69. The molecule has 0 aromatic rings. The number of carbonyl (C=O) groups excluding carboxylic acids is 1. The van der Waals surface area contributed by atoms with Crippen molar-refractivity contribution in [3.8, 4) is 0 Å². The van der Waals surface area contributed by atoms with E-state index in [-0.39, 0.29) is 30.4 Å². The first-order chi connectivity index (χ1) is 8.57. The number of ketones is 1. The summed E-state index contributed by atoms with van der Waals surface area (Å²) in [5.74, 6) is 0.496. The van der Waals surface area contributed by atoms with Crippen LogP contribution in [0.5, 0.6) is 0 Å². The van der Waals surface area contributed by atoms with Crippen LogP contribution < -0.4 is 0 Å². The average Bonchev–Trinajstić information content (AvgIpc) is 2.79. The third kappa shape index (κ3) is 1.67. The third-order valence-corrected chi connectivity index (χ3v) is 4.73. The van der Waals surface area contributed by atoms with Crippen LogP contribution in [0.25, 0.3) is 0 Å². The highest BCUT2D eigenvalue weighted by molar-refractivity contribution is 5.91. The number of rotatable bonds is 2. The number of methoxy groups -OCH3 is 1. The maximum atomic E-state index is 12.3. The lowest BCUT2D eigenvalue weighted by Gasteiger charge is -2.46. The van der Waals surface area contributed by atoms with E-state index in [0.29, 0.717) is 18.8 Å². The van der Waals surface area contributed by atoms with Crippen LogP contribution in [-0.2, 0) is 19.0 Å². The summed E-state index contributed by atoms with van der Waals surface area (Å²) >= 11 is 0. The third-order valence-electron chi connectivity index (χ3n) is 4.73. The topological polar surface area (TPSA) is 44.8 Å². The van der Waals surface area contributed by atoms with Crippen molar-refractivity contribution in [2.45, 2.75) is 50.8 Å². The molecule has 0 saturated carbocycles. The minimum atomic E-state index is -0.441. The summed E-state index contributed by atoms with van der Waals surface area (Å²) in [4.78, 5) is 12.3. The number of Topliss-reactive ketones (excluding diaryl/α,β-unsaturated/α-hetero) is 1. The molecule has 3 aliphatic heterocycles. The Bertz CT molecular complexity index is 380. The van der Waals surface area contributed by atoms with Crippen molar-refractivity contribution in [2.75, 3.05) is 7.11 Å². The molecular weight excluding hydrogens is 232 g/mol. The maximum Gasteiger partial charge on any atom is 0.171 e. The average molecular weight is 252 g/mol. The Morgan fingerprint density at radius 1 is 1.39 bits per heavy atom. The van der Waals surface area contributed by atoms with E-state index < -0.39 is 5.41 Å². The Labute approximate surface area is 107 Å².